The molecule has 1 aromatic rings. The monoisotopic (exact) mass is 319 g/mol. The summed E-state index contributed by atoms with van der Waals surface area (Å²) >= 11 is 9.59. The third-order valence-corrected chi connectivity index (χ3v) is 3.64. The van der Waals surface area contributed by atoms with Crippen molar-refractivity contribution in [1.29, 1.82) is 0 Å². The molecule has 4 heteroatoms. The third-order valence-electron chi connectivity index (χ3n) is 2.82. The Bertz CT molecular complexity index is 359. The number of rotatable bonds is 6. The molecule has 0 aliphatic heterocycles. The van der Waals surface area contributed by atoms with E-state index in [9.17, 15) is 0 Å². The highest BCUT2D eigenvalue weighted by molar-refractivity contribution is 9.10. The number of hydrogen-bond acceptors (Lipinski definition) is 2. The Hall–Kier alpha value is -0.0900. The predicted molar refractivity (Wildman–Crippen MR) is 76.4 cm³/mol. The molecule has 0 radical (unpaired) electrons. The average Bonchev–Trinajstić information content (AvgIpc) is 2.26. The first-order valence-corrected chi connectivity index (χ1v) is 7.01. The van der Waals surface area contributed by atoms with E-state index in [0.29, 0.717) is 5.92 Å². The minimum absolute atomic E-state index is 0.219. The van der Waals surface area contributed by atoms with E-state index in [1.807, 2.05) is 18.2 Å². The molecule has 0 aliphatic rings. The molecule has 2 nitrogen and oxygen atoms in total. The van der Waals surface area contributed by atoms with Crippen LogP contribution in [0.25, 0.3) is 0 Å². The fraction of sp³-hybridized carbons (Fsp3) is 0.538. The van der Waals surface area contributed by atoms with Crippen molar-refractivity contribution in [3.8, 4) is 0 Å². The second kappa shape index (κ2) is 7.37. The molecular weight excluding hydrogens is 302 g/mol. The van der Waals surface area contributed by atoms with Gasteiger partial charge in [-0.05, 0) is 43.5 Å². The number of aliphatic hydroxyl groups excluding tert-OH is 1. The van der Waals surface area contributed by atoms with Crippen molar-refractivity contribution in [2.75, 3.05) is 13.2 Å². The minimum atomic E-state index is 0.219. The molecule has 17 heavy (non-hydrogen) atoms. The van der Waals surface area contributed by atoms with Gasteiger partial charge in [0.25, 0.3) is 0 Å². The summed E-state index contributed by atoms with van der Waals surface area (Å²) in [5, 5.41) is 13.0. The summed E-state index contributed by atoms with van der Waals surface area (Å²) in [5.41, 5.74) is 1.10. The van der Waals surface area contributed by atoms with Crippen molar-refractivity contribution in [3.63, 3.8) is 0 Å². The number of aliphatic hydroxyl groups is 1. The van der Waals surface area contributed by atoms with Crippen molar-refractivity contribution in [2.45, 2.75) is 26.3 Å². The van der Waals surface area contributed by atoms with Gasteiger partial charge in [-0.2, -0.15) is 0 Å². The zero-order valence-corrected chi connectivity index (χ0v) is 12.6. The predicted octanol–water partition coefficient (Wildman–Crippen LogP) is 3.77. The maximum atomic E-state index is 8.84. The van der Waals surface area contributed by atoms with E-state index in [1.165, 1.54) is 0 Å². The van der Waals surface area contributed by atoms with Gasteiger partial charge in [0.15, 0.2) is 0 Å². The molecule has 0 fully saturated rings. The molecule has 2 N–H and O–H groups in total. The van der Waals surface area contributed by atoms with Gasteiger partial charge < -0.3 is 10.4 Å². The highest BCUT2D eigenvalue weighted by Crippen LogP contribution is 2.26. The second-order valence-corrected chi connectivity index (χ2v) is 5.74. The molecular formula is C13H19BrClNO. The molecule has 0 saturated heterocycles. The first kappa shape index (κ1) is 15.0. The Morgan fingerprint density at radius 2 is 2.12 bits per heavy atom. The molecule has 0 saturated carbocycles. The lowest BCUT2D eigenvalue weighted by atomic mass is 10.1. The first-order valence-electron chi connectivity index (χ1n) is 5.83. The van der Waals surface area contributed by atoms with Crippen LogP contribution in [0, 0.1) is 5.92 Å². The van der Waals surface area contributed by atoms with Gasteiger partial charge in [-0.3, -0.25) is 0 Å². The van der Waals surface area contributed by atoms with Crippen LogP contribution in [0.4, 0.5) is 0 Å². The van der Waals surface area contributed by atoms with E-state index >= 15 is 0 Å². The van der Waals surface area contributed by atoms with Gasteiger partial charge in [0.2, 0.25) is 0 Å². The van der Waals surface area contributed by atoms with Crippen LogP contribution in [0.3, 0.4) is 0 Å². The van der Waals surface area contributed by atoms with Gasteiger partial charge in [-0.25, -0.2) is 0 Å². The van der Waals surface area contributed by atoms with Crippen LogP contribution in [0.15, 0.2) is 22.7 Å². The van der Waals surface area contributed by atoms with Crippen LogP contribution >= 0.6 is 27.5 Å². The van der Waals surface area contributed by atoms with Crippen molar-refractivity contribution >= 4 is 27.5 Å². The number of hydrogen-bond donors (Lipinski definition) is 2. The molecule has 96 valence electrons. The maximum Gasteiger partial charge on any atom is 0.0464 e. The summed E-state index contributed by atoms with van der Waals surface area (Å²) in [6.45, 7) is 5.35. The summed E-state index contributed by atoms with van der Waals surface area (Å²) in [4.78, 5) is 0. The van der Waals surface area contributed by atoms with E-state index in [0.717, 1.165) is 28.0 Å². The largest absolute Gasteiger partial charge is 0.396 e. The van der Waals surface area contributed by atoms with Gasteiger partial charge in [-0.1, -0.05) is 40.5 Å². The number of halogens is 2. The molecule has 2 atom stereocenters. The van der Waals surface area contributed by atoms with Crippen LogP contribution in [0.2, 0.25) is 5.02 Å². The Labute approximate surface area is 117 Å². The van der Waals surface area contributed by atoms with Crippen LogP contribution in [-0.4, -0.2) is 18.3 Å². The van der Waals surface area contributed by atoms with Gasteiger partial charge in [0.05, 0.1) is 0 Å². The van der Waals surface area contributed by atoms with Gasteiger partial charge >= 0.3 is 0 Å². The van der Waals surface area contributed by atoms with Gasteiger partial charge in [0, 0.05) is 22.1 Å². The standard InChI is InChI=1S/C13H19BrClNO/c1-9(5-6-17)8-16-10(2)12-4-3-11(14)7-13(12)15/h3-4,7,9-10,16-17H,5-6,8H2,1-2H3. The zero-order valence-electron chi connectivity index (χ0n) is 10.2. The molecule has 0 bridgehead atoms. The Balaban J connectivity index is 2.54. The van der Waals surface area contributed by atoms with Crippen LogP contribution in [0.1, 0.15) is 31.9 Å². The quantitative estimate of drug-likeness (QED) is 0.836. The lowest BCUT2D eigenvalue weighted by Crippen LogP contribution is -2.25. The number of nitrogens with one attached hydrogen (secondary N) is 1. The highest BCUT2D eigenvalue weighted by Gasteiger charge is 2.10. The van der Waals surface area contributed by atoms with E-state index in [4.69, 9.17) is 16.7 Å². The molecule has 0 aromatic heterocycles. The van der Waals surface area contributed by atoms with E-state index < -0.39 is 0 Å². The Morgan fingerprint density at radius 3 is 2.71 bits per heavy atom. The smallest absolute Gasteiger partial charge is 0.0464 e. The maximum absolute atomic E-state index is 8.84. The Morgan fingerprint density at radius 1 is 1.41 bits per heavy atom. The molecule has 0 spiro atoms. The first-order chi connectivity index (χ1) is 8.04. The SMILES string of the molecule is CC(CCO)CNC(C)c1ccc(Br)cc1Cl. The Kier molecular flexibility index (Phi) is 6.49. The fourth-order valence-electron chi connectivity index (χ4n) is 1.66. The van der Waals surface area contributed by atoms with E-state index in [-0.39, 0.29) is 12.6 Å². The molecule has 0 aliphatic carbocycles. The topological polar surface area (TPSA) is 32.3 Å². The zero-order chi connectivity index (χ0) is 12.8. The second-order valence-electron chi connectivity index (χ2n) is 4.41. The van der Waals surface area contributed by atoms with E-state index in [1.54, 1.807) is 0 Å². The summed E-state index contributed by atoms with van der Waals surface area (Å²) in [5.74, 6) is 0.469. The van der Waals surface area contributed by atoms with Crippen molar-refractivity contribution in [3.05, 3.63) is 33.3 Å². The lowest BCUT2D eigenvalue weighted by molar-refractivity contribution is 0.258. The van der Waals surface area contributed by atoms with Crippen molar-refractivity contribution < 1.29 is 5.11 Å². The number of benzene rings is 1. The fourth-order valence-corrected chi connectivity index (χ4v) is 2.50. The molecule has 0 heterocycles. The van der Waals surface area contributed by atoms with Crippen LogP contribution < -0.4 is 5.32 Å². The molecule has 0 amide bonds. The summed E-state index contributed by atoms with van der Waals surface area (Å²) in [6, 6.07) is 6.15. The summed E-state index contributed by atoms with van der Waals surface area (Å²) < 4.78 is 0.993. The van der Waals surface area contributed by atoms with Crippen LogP contribution in [0.5, 0.6) is 0 Å². The molecule has 1 aromatic carbocycles. The highest BCUT2D eigenvalue weighted by atomic mass is 79.9. The molecule has 2 unspecified atom stereocenters. The molecule has 1 rings (SSSR count). The third kappa shape index (κ3) is 4.96. The van der Waals surface area contributed by atoms with Crippen molar-refractivity contribution in [1.82, 2.24) is 5.32 Å². The summed E-state index contributed by atoms with van der Waals surface area (Å²) in [6.07, 6.45) is 0.827. The average molecular weight is 321 g/mol. The minimum Gasteiger partial charge on any atom is -0.396 e. The lowest BCUT2D eigenvalue weighted by Gasteiger charge is -2.18. The van der Waals surface area contributed by atoms with Gasteiger partial charge in [-0.15, -0.1) is 0 Å². The van der Waals surface area contributed by atoms with Crippen molar-refractivity contribution in [2.24, 2.45) is 5.92 Å². The van der Waals surface area contributed by atoms with E-state index in [2.05, 4.69) is 35.1 Å². The normalized spacial score (nSPS) is 14.6. The van der Waals surface area contributed by atoms with Gasteiger partial charge in [0.1, 0.15) is 0 Å². The van der Waals surface area contributed by atoms with Crippen LogP contribution in [-0.2, 0) is 0 Å². The summed E-state index contributed by atoms with van der Waals surface area (Å²) in [7, 11) is 0.